The molecule has 1 saturated heterocycles. The van der Waals surface area contributed by atoms with Gasteiger partial charge in [0.05, 0.1) is 24.5 Å². The van der Waals surface area contributed by atoms with Crippen molar-refractivity contribution in [2.24, 2.45) is 28.3 Å². The number of aliphatic imine (C=N–C) groups is 1. The van der Waals surface area contributed by atoms with Gasteiger partial charge in [0.15, 0.2) is 5.96 Å². The quantitative estimate of drug-likeness (QED) is 0.0362. The third kappa shape index (κ3) is 21.5. The van der Waals surface area contributed by atoms with E-state index in [0.717, 1.165) is 5.56 Å². The number of methoxy groups -OCH3 is 1. The van der Waals surface area contributed by atoms with Gasteiger partial charge in [0.2, 0.25) is 35.4 Å². The molecule has 9 atom stereocenters. The third-order valence-corrected chi connectivity index (χ3v) is 12.2. The van der Waals surface area contributed by atoms with Crippen LogP contribution in [-0.4, -0.2) is 131 Å². The molecule has 1 aliphatic heterocycles. The van der Waals surface area contributed by atoms with Crippen molar-refractivity contribution in [2.45, 2.75) is 128 Å². The van der Waals surface area contributed by atoms with E-state index in [1.807, 2.05) is 43.3 Å². The van der Waals surface area contributed by atoms with Gasteiger partial charge in [-0.3, -0.25) is 38.6 Å². The second kappa shape index (κ2) is 30.8. The number of nitrogens with two attached hydrogens (primary N) is 2. The van der Waals surface area contributed by atoms with Crippen LogP contribution in [0, 0.1) is 11.8 Å². The molecule has 0 saturated carbocycles. The summed E-state index contributed by atoms with van der Waals surface area (Å²) in [7, 11) is 1.61. The van der Waals surface area contributed by atoms with Crippen molar-refractivity contribution in [2.75, 3.05) is 13.7 Å². The van der Waals surface area contributed by atoms with Crippen molar-refractivity contribution in [1.82, 2.24) is 37.2 Å². The standard InChI is InChI=1S/C52H72N10O13/c1-7-36-47(68)56-32(5)46(67)60-39(22-18-33-16-19-35(63)20-17-33)49(70)62-41(51(73)74)28-44(65)58-38(14-11-25-55-52(53)54)48(69)59-37(31(4)45(66)61-40(50(71)72)23-24-43(64)57-36)21-15-29(2)26-30(3)42(75-6)27-34-12-9-8-10-13-34/h7-10,12-13,15-17,19-21,26,30-32,37-42,63H,11,14,18,22-25,27-28H2,1-6H3,(H,56,68)(H,57,64)(H,58,65)(H,59,69)(H,60,67)(H,61,66)(H,62,70)(H,71,72)(H,73,74)(H4,53,54,55)/b21-15+,29-26+,36-7+/t30-,31-,32+,37-,38-,39-,40+,41+,42-/m0/s1. The zero-order chi connectivity index (χ0) is 55.8. The van der Waals surface area contributed by atoms with E-state index in [2.05, 4.69) is 42.2 Å². The third-order valence-electron chi connectivity index (χ3n) is 12.2. The van der Waals surface area contributed by atoms with E-state index in [1.165, 1.54) is 45.1 Å². The molecule has 0 spiro atoms. The minimum Gasteiger partial charge on any atom is -0.508 e. The number of allylic oxidation sites excluding steroid dienone is 3. The molecule has 1 fully saturated rings. The lowest BCUT2D eigenvalue weighted by Crippen LogP contribution is -2.56. The van der Waals surface area contributed by atoms with E-state index >= 15 is 0 Å². The monoisotopic (exact) mass is 1040 g/mol. The number of carbonyl (C=O) groups is 9. The van der Waals surface area contributed by atoms with Crippen LogP contribution >= 0.6 is 0 Å². The summed E-state index contributed by atoms with van der Waals surface area (Å²) < 4.78 is 5.81. The van der Waals surface area contributed by atoms with Gasteiger partial charge in [0.25, 0.3) is 5.91 Å². The molecule has 23 heteroatoms. The van der Waals surface area contributed by atoms with Crippen molar-refractivity contribution < 1.29 is 63.2 Å². The molecule has 0 aliphatic carbocycles. The van der Waals surface area contributed by atoms with Gasteiger partial charge in [-0.1, -0.05) is 86.2 Å². The van der Waals surface area contributed by atoms with Crippen LogP contribution in [0.15, 0.2) is 95.2 Å². The highest BCUT2D eigenvalue weighted by atomic mass is 16.5. The lowest BCUT2D eigenvalue weighted by atomic mass is 9.94. The number of benzene rings is 2. The number of phenols is 1. The summed E-state index contributed by atoms with van der Waals surface area (Å²) >= 11 is 0. The van der Waals surface area contributed by atoms with E-state index in [0.29, 0.717) is 17.6 Å². The molecule has 23 nitrogen and oxygen atoms in total. The fourth-order valence-electron chi connectivity index (χ4n) is 7.80. The molecule has 2 aromatic carbocycles. The summed E-state index contributed by atoms with van der Waals surface area (Å²) in [5.74, 6) is -11.1. The number of hydrogen-bond donors (Lipinski definition) is 12. The van der Waals surface area contributed by atoms with Crippen LogP contribution < -0.4 is 48.7 Å². The number of carbonyl (C=O) groups excluding carboxylic acids is 7. The second-order valence-electron chi connectivity index (χ2n) is 18.2. The van der Waals surface area contributed by atoms with E-state index in [4.69, 9.17) is 16.2 Å². The molecule has 1 aliphatic rings. The van der Waals surface area contributed by atoms with Gasteiger partial charge in [-0.25, -0.2) is 9.59 Å². The lowest BCUT2D eigenvalue weighted by molar-refractivity contribution is -0.144. The molecule has 0 unspecified atom stereocenters. The first kappa shape index (κ1) is 61.2. The number of phenolic OH excluding ortho intramolecular Hbond substituents is 1. The number of nitrogens with one attached hydrogen (secondary N) is 7. The van der Waals surface area contributed by atoms with Crippen LogP contribution in [0.4, 0.5) is 0 Å². The Hall–Kier alpha value is -8.08. The molecule has 408 valence electrons. The zero-order valence-corrected chi connectivity index (χ0v) is 43.1. The molecular formula is C52H72N10O13. The molecule has 7 amide bonds. The van der Waals surface area contributed by atoms with Crippen molar-refractivity contribution >= 4 is 59.2 Å². The summed E-state index contributed by atoms with van der Waals surface area (Å²) in [5, 5.41) is 47.5. The highest BCUT2D eigenvalue weighted by Crippen LogP contribution is 2.19. The van der Waals surface area contributed by atoms with Crippen LogP contribution in [0.1, 0.15) is 84.3 Å². The summed E-state index contributed by atoms with van der Waals surface area (Å²) in [6.07, 6.45) is 4.85. The maximum Gasteiger partial charge on any atom is 0.326 e. The molecule has 3 rings (SSSR count). The molecule has 0 aromatic heterocycles. The fourth-order valence-corrected chi connectivity index (χ4v) is 7.80. The number of ether oxygens (including phenoxy) is 1. The summed E-state index contributed by atoms with van der Waals surface area (Å²) in [5.41, 5.74) is 13.1. The lowest BCUT2D eigenvalue weighted by Gasteiger charge is -2.27. The first-order valence-electron chi connectivity index (χ1n) is 24.5. The first-order chi connectivity index (χ1) is 35.5. The topological polar surface area (TPSA) is 372 Å². The van der Waals surface area contributed by atoms with Gasteiger partial charge in [-0.05, 0) is 82.6 Å². The van der Waals surface area contributed by atoms with Crippen molar-refractivity contribution in [1.29, 1.82) is 0 Å². The fraction of sp³-hybridized carbons (Fsp3) is 0.462. The Morgan fingerprint density at radius 2 is 1.41 bits per heavy atom. The number of aryl methyl sites for hydroxylation is 1. The number of rotatable bonds is 16. The van der Waals surface area contributed by atoms with Crippen LogP contribution in [-0.2, 0) is 60.7 Å². The number of aliphatic carboxylic acids is 2. The Morgan fingerprint density at radius 1 is 0.787 bits per heavy atom. The molecular weight excluding hydrogens is 973 g/mol. The van der Waals surface area contributed by atoms with Gasteiger partial charge < -0.3 is 68.7 Å². The SMILES string of the molecule is C/C=C1/NC(=O)CC[C@H](C(=O)O)NC(=O)[C@@H](C)[C@H](/C=C/C(C)=C/[C@H](C)[C@H](Cc2ccccc2)OC)NC(=O)[C@H](CCCN=C(N)N)NC(=O)C[C@H](C(=O)O)NC(=O)[C@H](CCc2ccc(O)cc2)NC(=O)[C@@H](C)NC1=O. The number of aromatic hydroxyl groups is 1. The maximum atomic E-state index is 14.3. The number of guanidine groups is 1. The average Bonchev–Trinajstić information content (AvgIpc) is 3.36. The Morgan fingerprint density at radius 3 is 2.03 bits per heavy atom. The molecule has 75 heavy (non-hydrogen) atoms. The summed E-state index contributed by atoms with van der Waals surface area (Å²) in [6, 6.07) is 6.73. The minimum absolute atomic E-state index is 0.0110. The molecule has 14 N–H and O–H groups in total. The first-order valence-corrected chi connectivity index (χ1v) is 24.5. The van der Waals surface area contributed by atoms with Crippen molar-refractivity contribution in [3.8, 4) is 5.75 Å². The number of carboxylic acid groups (broad SMARTS) is 2. The largest absolute Gasteiger partial charge is 0.508 e. The minimum atomic E-state index is -1.91. The zero-order valence-electron chi connectivity index (χ0n) is 43.1. The van der Waals surface area contributed by atoms with E-state index < -0.39 is 115 Å². The molecule has 0 radical (unpaired) electrons. The van der Waals surface area contributed by atoms with E-state index in [1.54, 1.807) is 32.2 Å². The smallest absolute Gasteiger partial charge is 0.326 e. The van der Waals surface area contributed by atoms with Crippen molar-refractivity contribution in [3.63, 3.8) is 0 Å². The molecule has 1 heterocycles. The van der Waals surface area contributed by atoms with Gasteiger partial charge in [0.1, 0.15) is 41.7 Å². The van der Waals surface area contributed by atoms with Gasteiger partial charge in [-0.2, -0.15) is 0 Å². The summed E-state index contributed by atoms with van der Waals surface area (Å²) in [6.45, 7) is 7.89. The average molecular weight is 1050 g/mol. The predicted octanol–water partition coefficient (Wildman–Crippen LogP) is 0.713. The second-order valence-corrected chi connectivity index (χ2v) is 18.2. The molecule has 0 bridgehead atoms. The Kier molecular flexibility index (Phi) is 25.2. The Labute approximate surface area is 435 Å². The summed E-state index contributed by atoms with van der Waals surface area (Å²) in [4.78, 5) is 125. The number of nitrogens with zero attached hydrogens (tertiary/aromatic N) is 1. The van der Waals surface area contributed by atoms with Crippen LogP contribution in [0.3, 0.4) is 0 Å². The Balaban J connectivity index is 2.09. The Bertz CT molecular complexity index is 2440. The van der Waals surface area contributed by atoms with Crippen LogP contribution in [0.25, 0.3) is 0 Å². The number of carboxylic acids is 2. The maximum absolute atomic E-state index is 14.3. The van der Waals surface area contributed by atoms with E-state index in [9.17, 15) is 58.5 Å². The van der Waals surface area contributed by atoms with Gasteiger partial charge in [0, 0.05) is 26.0 Å². The van der Waals surface area contributed by atoms with Gasteiger partial charge >= 0.3 is 11.9 Å². The van der Waals surface area contributed by atoms with Crippen molar-refractivity contribution in [3.05, 3.63) is 101 Å². The number of hydrogen-bond acceptors (Lipinski definition) is 12. The van der Waals surface area contributed by atoms with Crippen LogP contribution in [0.2, 0.25) is 0 Å². The van der Waals surface area contributed by atoms with E-state index in [-0.39, 0.29) is 61.7 Å². The number of amides is 7. The highest BCUT2D eigenvalue weighted by Gasteiger charge is 2.34. The van der Waals surface area contributed by atoms with Gasteiger partial charge in [-0.15, -0.1) is 0 Å². The molecule has 2 aromatic rings. The predicted molar refractivity (Wildman–Crippen MR) is 277 cm³/mol. The van der Waals surface area contributed by atoms with Crippen LogP contribution in [0.5, 0.6) is 5.75 Å². The highest BCUT2D eigenvalue weighted by molar-refractivity contribution is 6.00. The normalized spacial score (nSPS) is 23.9.